The maximum absolute atomic E-state index is 14.1. The zero-order valence-corrected chi connectivity index (χ0v) is 41.7. The van der Waals surface area contributed by atoms with Crippen LogP contribution in [0.1, 0.15) is 215 Å². The molecule has 0 aromatic carbocycles. The fraction of sp³-hybridized carbons (Fsp3) is 1.00. The molecule has 60 heavy (non-hydrogen) atoms. The molecule has 0 spiro atoms. The monoisotopic (exact) mass is 931 g/mol. The summed E-state index contributed by atoms with van der Waals surface area (Å²) in [4.78, 5) is 0. The van der Waals surface area contributed by atoms with E-state index in [2.05, 4.69) is 41.5 Å². The van der Waals surface area contributed by atoms with Gasteiger partial charge in [-0.25, -0.2) is 0 Å². The molecule has 0 bridgehead atoms. The van der Waals surface area contributed by atoms with Crippen LogP contribution in [0.4, 0.5) is 39.5 Å². The molecular weight excluding hydrogens is 844 g/mol. The fourth-order valence-corrected chi connectivity index (χ4v) is 28.3. The van der Waals surface area contributed by atoms with Crippen LogP contribution in [0.3, 0.4) is 0 Å². The Morgan fingerprint density at radius 2 is 0.467 bits per heavy atom. The molecule has 1 aliphatic heterocycles. The van der Waals surface area contributed by atoms with Crippen LogP contribution in [0, 0.1) is 17.8 Å². The summed E-state index contributed by atoms with van der Waals surface area (Å²) in [5, 5.41) is 0. The number of rotatable bonds is 36. The zero-order chi connectivity index (χ0) is 45.2. The Morgan fingerprint density at radius 3 is 0.650 bits per heavy atom. The van der Waals surface area contributed by atoms with Crippen LogP contribution in [-0.4, -0.2) is 44.2 Å². The van der Waals surface area contributed by atoms with Crippen LogP contribution in [-0.2, 0) is 12.3 Å². The van der Waals surface area contributed by atoms with Crippen molar-refractivity contribution in [3.63, 3.8) is 0 Å². The molecule has 1 fully saturated rings. The van der Waals surface area contributed by atoms with Crippen molar-refractivity contribution in [3.05, 3.63) is 0 Å². The third-order valence-electron chi connectivity index (χ3n) is 12.0. The van der Waals surface area contributed by atoms with E-state index in [0.717, 1.165) is 116 Å². The quantitative estimate of drug-likeness (QED) is 0.0356. The molecule has 0 radical (unpaired) electrons. The molecular formula is C45H87F9O3Si3. The van der Waals surface area contributed by atoms with E-state index in [1.807, 2.05) is 0 Å². The Balaban J connectivity index is 3.46. The number of halogens is 9. The predicted octanol–water partition coefficient (Wildman–Crippen LogP) is 18.6. The largest absolute Gasteiger partial charge is 0.415 e. The second-order valence-electron chi connectivity index (χ2n) is 19.6. The van der Waals surface area contributed by atoms with Gasteiger partial charge in [0.25, 0.3) is 0 Å². The van der Waals surface area contributed by atoms with Gasteiger partial charge in [-0.2, -0.15) is 39.5 Å². The lowest BCUT2D eigenvalue weighted by molar-refractivity contribution is -0.131. The van der Waals surface area contributed by atoms with E-state index >= 15 is 0 Å². The van der Waals surface area contributed by atoms with Crippen molar-refractivity contribution in [3.8, 4) is 0 Å². The van der Waals surface area contributed by atoms with Crippen LogP contribution >= 0.6 is 0 Å². The zero-order valence-electron chi connectivity index (χ0n) is 38.7. The molecule has 0 aromatic heterocycles. The Morgan fingerprint density at radius 1 is 0.283 bits per heavy atom. The second-order valence-corrected chi connectivity index (χ2v) is 30.5. The normalized spacial score (nSPS) is 21.9. The molecule has 0 amide bonds. The van der Waals surface area contributed by atoms with Gasteiger partial charge in [0.05, 0.1) is 0 Å². The third kappa shape index (κ3) is 30.9. The smallest absolute Gasteiger partial charge is 0.389 e. The van der Waals surface area contributed by atoms with Gasteiger partial charge in [-0.1, -0.05) is 196 Å². The highest BCUT2D eigenvalue weighted by molar-refractivity contribution is 6.94. The van der Waals surface area contributed by atoms with Crippen LogP contribution in [0.15, 0.2) is 0 Å². The molecule has 15 heteroatoms. The molecule has 0 unspecified atom stereocenters. The van der Waals surface area contributed by atoms with Crippen molar-refractivity contribution in [1.82, 2.24) is 0 Å². The lowest BCUT2D eigenvalue weighted by Gasteiger charge is -2.54. The average Bonchev–Trinajstić information content (AvgIpc) is 3.12. The Kier molecular flexibility index (Phi) is 29.1. The number of alkyl halides is 9. The van der Waals surface area contributed by atoms with Crippen LogP contribution in [0.5, 0.6) is 0 Å². The Labute approximate surface area is 364 Å². The lowest BCUT2D eigenvalue weighted by atomic mass is 10.0. The molecule has 1 rings (SSSR count). The van der Waals surface area contributed by atoms with Crippen LogP contribution < -0.4 is 0 Å². The first-order valence-electron chi connectivity index (χ1n) is 24.3. The van der Waals surface area contributed by atoms with E-state index < -0.39 is 81.6 Å². The average molecular weight is 931 g/mol. The standard InChI is InChI=1S/C45H87F9O3Si3/c1-40(2)28-22-16-10-7-13-19-25-34-58(37-31-43(46,47)48)55-59(38-32-44(49,50)51,35-26-20-14-8-11-17-23-29-41(3)4)57-60(56-58,39-33-45(52,53)54)36-27-21-15-9-12-18-24-30-42(5)6/h40-42H,7-39H2,1-6H3. The maximum atomic E-state index is 14.1. The fourth-order valence-electron chi connectivity index (χ4n) is 8.56. The minimum Gasteiger partial charge on any atom is -0.415 e. The van der Waals surface area contributed by atoms with E-state index in [1.165, 1.54) is 0 Å². The van der Waals surface area contributed by atoms with E-state index in [-0.39, 0.29) is 18.1 Å². The molecule has 1 heterocycles. The van der Waals surface area contributed by atoms with Crippen molar-refractivity contribution in [1.29, 1.82) is 0 Å². The van der Waals surface area contributed by atoms with Gasteiger partial charge in [0.15, 0.2) is 0 Å². The highest BCUT2D eigenvalue weighted by atomic mass is 28.5. The summed E-state index contributed by atoms with van der Waals surface area (Å²) >= 11 is 0. The van der Waals surface area contributed by atoms with E-state index in [4.69, 9.17) is 12.3 Å². The third-order valence-corrected chi connectivity index (χ3v) is 27.3. The minimum atomic E-state index is -4.59. The first-order chi connectivity index (χ1) is 28.0. The summed E-state index contributed by atoms with van der Waals surface area (Å²) < 4.78 is 147. The minimum absolute atomic E-state index is 0.133. The van der Waals surface area contributed by atoms with Crippen molar-refractivity contribution in [2.24, 2.45) is 17.8 Å². The number of hydrogen-bond acceptors (Lipinski definition) is 3. The summed E-state index contributed by atoms with van der Waals surface area (Å²) in [5.41, 5.74) is 0. The predicted molar refractivity (Wildman–Crippen MR) is 237 cm³/mol. The molecule has 0 aliphatic carbocycles. The second kappa shape index (κ2) is 30.2. The van der Waals surface area contributed by atoms with E-state index in [0.29, 0.717) is 56.3 Å². The molecule has 0 atom stereocenters. The van der Waals surface area contributed by atoms with Crippen molar-refractivity contribution < 1.29 is 51.9 Å². The van der Waals surface area contributed by atoms with Gasteiger partial charge in [-0.05, 0) is 54.0 Å². The van der Waals surface area contributed by atoms with Crippen LogP contribution in [0.25, 0.3) is 0 Å². The summed E-state index contributed by atoms with van der Waals surface area (Å²) in [5.74, 6) is 1.90. The van der Waals surface area contributed by atoms with Gasteiger partial charge in [0.2, 0.25) is 0 Å². The molecule has 0 aromatic rings. The summed E-state index contributed by atoms with van der Waals surface area (Å²) in [6, 6.07) is -1.17. The topological polar surface area (TPSA) is 27.7 Å². The Bertz CT molecular complexity index is 921. The van der Waals surface area contributed by atoms with Gasteiger partial charge < -0.3 is 12.3 Å². The lowest BCUT2D eigenvalue weighted by Crippen LogP contribution is -2.70. The van der Waals surface area contributed by atoms with Gasteiger partial charge in [-0.15, -0.1) is 0 Å². The molecule has 3 nitrogen and oxygen atoms in total. The van der Waals surface area contributed by atoms with E-state index in [9.17, 15) is 39.5 Å². The van der Waals surface area contributed by atoms with E-state index in [1.54, 1.807) is 0 Å². The molecule has 1 saturated heterocycles. The van der Waals surface area contributed by atoms with Gasteiger partial charge in [-0.3, -0.25) is 0 Å². The van der Waals surface area contributed by atoms with Gasteiger partial charge in [0.1, 0.15) is 0 Å². The van der Waals surface area contributed by atoms with Crippen molar-refractivity contribution in [2.45, 2.75) is 270 Å². The molecule has 360 valence electrons. The number of unbranched alkanes of at least 4 members (excludes halogenated alkanes) is 18. The Hall–Kier alpha value is -0.0994. The summed E-state index contributed by atoms with van der Waals surface area (Å²) in [7, 11) is -12.0. The molecule has 0 N–H and O–H groups in total. The van der Waals surface area contributed by atoms with Crippen LogP contribution in [0.2, 0.25) is 36.3 Å². The first kappa shape index (κ1) is 57.9. The van der Waals surface area contributed by atoms with Crippen molar-refractivity contribution >= 4 is 25.7 Å². The molecule has 0 saturated carbocycles. The number of hydrogen-bond donors (Lipinski definition) is 0. The summed E-state index contributed by atoms with van der Waals surface area (Å²) in [6.45, 7) is 13.1. The first-order valence-corrected chi connectivity index (χ1v) is 31.0. The highest BCUT2D eigenvalue weighted by Crippen LogP contribution is 2.48. The van der Waals surface area contributed by atoms with Gasteiger partial charge in [0, 0.05) is 19.3 Å². The SMILES string of the molecule is CC(C)CCCCCCCCC[Si]1(CCC(F)(F)F)O[Si](CCCCCCCCCC(C)C)(CCC(F)(F)F)O[Si](CCCCCCCCCC(C)C)(CCC(F)(F)F)O1. The summed E-state index contributed by atoms with van der Waals surface area (Å²) in [6.07, 6.45) is 4.76. The maximum Gasteiger partial charge on any atom is 0.389 e. The van der Waals surface area contributed by atoms with Crippen molar-refractivity contribution in [2.75, 3.05) is 0 Å². The molecule has 1 aliphatic rings. The van der Waals surface area contributed by atoms with Gasteiger partial charge >= 0.3 is 44.2 Å². The highest BCUT2D eigenvalue weighted by Gasteiger charge is 2.62.